The van der Waals surface area contributed by atoms with Crippen LogP contribution in [0.4, 0.5) is 5.69 Å². The number of aliphatic imine (C=N–C) groups is 1. The number of pyridine rings is 1. The van der Waals surface area contributed by atoms with Crippen LogP contribution in [0.3, 0.4) is 0 Å². The van der Waals surface area contributed by atoms with Crippen LogP contribution in [0.2, 0.25) is 0 Å². The van der Waals surface area contributed by atoms with Gasteiger partial charge in [0.1, 0.15) is 12.6 Å². The zero-order valence-corrected chi connectivity index (χ0v) is 9.96. The third-order valence-electron chi connectivity index (χ3n) is 2.59. The highest BCUT2D eigenvalue weighted by atomic mass is 16.5. The number of hydrogen-bond donors (Lipinski definition) is 1. The molecule has 2 N–H and O–H groups in total. The molecule has 17 heavy (non-hydrogen) atoms. The first-order valence-electron chi connectivity index (χ1n) is 5.36. The minimum atomic E-state index is 0.0853. The number of nitrogens with two attached hydrogens (primary N) is 1. The molecular weight excluding hydrogens is 220 g/mol. The molecule has 6 nitrogen and oxygen atoms in total. The lowest BCUT2D eigenvalue weighted by atomic mass is 10.3. The molecule has 0 unspecified atom stereocenters. The average Bonchev–Trinajstić information content (AvgIpc) is 2.75. The van der Waals surface area contributed by atoms with Crippen LogP contribution in [-0.2, 0) is 4.74 Å². The lowest BCUT2D eigenvalue weighted by Crippen LogP contribution is -2.28. The fraction of sp³-hybridized carbons (Fsp3) is 0.455. The van der Waals surface area contributed by atoms with Gasteiger partial charge in [0.2, 0.25) is 5.88 Å². The molecule has 0 bridgehead atoms. The van der Waals surface area contributed by atoms with Crippen molar-refractivity contribution in [2.24, 2.45) is 10.7 Å². The zero-order valence-electron chi connectivity index (χ0n) is 9.96. The number of likely N-dealkylation sites (N-methyl/N-ethyl adjacent to an activating group) is 1. The van der Waals surface area contributed by atoms with E-state index < -0.39 is 0 Å². The van der Waals surface area contributed by atoms with Gasteiger partial charge >= 0.3 is 0 Å². The highest BCUT2D eigenvalue weighted by molar-refractivity contribution is 5.73. The molecule has 6 heteroatoms. The number of amidine groups is 1. The Morgan fingerprint density at radius 2 is 2.41 bits per heavy atom. The van der Waals surface area contributed by atoms with Gasteiger partial charge in [0.05, 0.1) is 19.0 Å². The summed E-state index contributed by atoms with van der Waals surface area (Å²) in [6, 6.07) is 4.14. The van der Waals surface area contributed by atoms with E-state index in [0.29, 0.717) is 12.5 Å². The molecule has 0 saturated heterocycles. The van der Waals surface area contributed by atoms with Gasteiger partial charge in [-0.1, -0.05) is 0 Å². The van der Waals surface area contributed by atoms with E-state index in [0.717, 1.165) is 12.2 Å². The second kappa shape index (κ2) is 4.90. The Bertz CT molecular complexity index is 404. The average molecular weight is 236 g/mol. The Labute approximate surface area is 100 Å². The fourth-order valence-corrected chi connectivity index (χ4v) is 1.67. The molecule has 92 valence electrons. The molecule has 0 amide bonds. The molecule has 0 fully saturated rings. The Hall–Kier alpha value is -1.98. The predicted octanol–water partition coefficient (Wildman–Crippen LogP) is 0.240. The summed E-state index contributed by atoms with van der Waals surface area (Å²) in [7, 11) is 3.58. The van der Waals surface area contributed by atoms with E-state index in [2.05, 4.69) is 14.9 Å². The Kier molecular flexibility index (Phi) is 3.32. The minimum Gasteiger partial charge on any atom is -0.481 e. The monoisotopic (exact) mass is 236 g/mol. The third-order valence-corrected chi connectivity index (χ3v) is 2.59. The summed E-state index contributed by atoms with van der Waals surface area (Å²) in [5, 5.41) is 0. The molecule has 1 aromatic heterocycles. The van der Waals surface area contributed by atoms with Gasteiger partial charge < -0.3 is 20.1 Å². The van der Waals surface area contributed by atoms with Crippen LogP contribution in [0.25, 0.3) is 0 Å². The van der Waals surface area contributed by atoms with Crippen LogP contribution >= 0.6 is 0 Å². The van der Waals surface area contributed by atoms with E-state index in [-0.39, 0.29) is 12.1 Å². The smallest absolute Gasteiger partial charge is 0.282 e. The maximum atomic E-state index is 5.46. The van der Waals surface area contributed by atoms with Crippen molar-refractivity contribution in [1.82, 2.24) is 4.98 Å². The van der Waals surface area contributed by atoms with E-state index in [4.69, 9.17) is 15.2 Å². The lowest BCUT2D eigenvalue weighted by Gasteiger charge is -2.20. The second-order valence-corrected chi connectivity index (χ2v) is 3.87. The first-order chi connectivity index (χ1) is 8.19. The number of methoxy groups -OCH3 is 1. The van der Waals surface area contributed by atoms with Gasteiger partial charge in [-0.3, -0.25) is 0 Å². The highest BCUT2D eigenvalue weighted by Gasteiger charge is 2.18. The van der Waals surface area contributed by atoms with Crippen LogP contribution < -0.4 is 15.4 Å². The van der Waals surface area contributed by atoms with Crippen molar-refractivity contribution >= 4 is 11.7 Å². The Morgan fingerprint density at radius 3 is 2.94 bits per heavy atom. The molecule has 1 aromatic rings. The van der Waals surface area contributed by atoms with Crippen LogP contribution in [0, 0.1) is 0 Å². The third kappa shape index (κ3) is 2.77. The zero-order chi connectivity index (χ0) is 12.3. The maximum Gasteiger partial charge on any atom is 0.282 e. The van der Waals surface area contributed by atoms with E-state index in [1.807, 2.05) is 19.2 Å². The van der Waals surface area contributed by atoms with Crippen LogP contribution in [0.1, 0.15) is 0 Å². The van der Waals surface area contributed by atoms with Gasteiger partial charge in [-0.05, 0) is 6.07 Å². The highest BCUT2D eigenvalue weighted by Crippen LogP contribution is 2.16. The van der Waals surface area contributed by atoms with Gasteiger partial charge in [-0.2, -0.15) is 0 Å². The summed E-state index contributed by atoms with van der Waals surface area (Å²) in [6.07, 6.45) is 1.77. The number of ether oxygens (including phenoxy) is 2. The van der Waals surface area contributed by atoms with E-state index >= 15 is 0 Å². The largest absolute Gasteiger partial charge is 0.481 e. The van der Waals surface area contributed by atoms with Crippen LogP contribution in [0.5, 0.6) is 5.88 Å². The summed E-state index contributed by atoms with van der Waals surface area (Å²) in [5.41, 5.74) is 6.46. The van der Waals surface area contributed by atoms with Crippen molar-refractivity contribution in [2.75, 3.05) is 32.2 Å². The first kappa shape index (κ1) is 11.5. The van der Waals surface area contributed by atoms with Crippen molar-refractivity contribution in [2.45, 2.75) is 6.04 Å². The summed E-state index contributed by atoms with van der Waals surface area (Å²) in [5.74, 6) is 0.605. The molecule has 1 aliphatic rings. The van der Waals surface area contributed by atoms with Gasteiger partial charge in [0, 0.05) is 19.7 Å². The molecule has 0 aliphatic carbocycles. The number of aromatic nitrogens is 1. The quantitative estimate of drug-likeness (QED) is 0.810. The minimum absolute atomic E-state index is 0.0853. The van der Waals surface area contributed by atoms with Gasteiger partial charge in [0.25, 0.3) is 6.02 Å². The molecule has 1 aliphatic heterocycles. The standard InChI is InChI=1S/C11H16N4O2/c1-15(6-8-7-17-11(12)14-8)9-3-4-10(16-2)13-5-9/h3-5,8H,6-7H2,1-2H3,(H2,12,14)/t8-/m0/s1. The summed E-state index contributed by atoms with van der Waals surface area (Å²) in [4.78, 5) is 10.4. The fourth-order valence-electron chi connectivity index (χ4n) is 1.67. The predicted molar refractivity (Wildman–Crippen MR) is 65.4 cm³/mol. The van der Waals surface area contributed by atoms with Gasteiger partial charge in [-0.25, -0.2) is 9.98 Å². The Morgan fingerprint density at radius 1 is 1.59 bits per heavy atom. The van der Waals surface area contributed by atoms with Crippen molar-refractivity contribution in [3.8, 4) is 5.88 Å². The van der Waals surface area contributed by atoms with Crippen molar-refractivity contribution in [1.29, 1.82) is 0 Å². The molecule has 2 rings (SSSR count). The maximum absolute atomic E-state index is 5.46. The molecule has 0 spiro atoms. The van der Waals surface area contributed by atoms with Crippen LogP contribution in [-0.4, -0.2) is 44.4 Å². The van der Waals surface area contributed by atoms with E-state index in [1.165, 1.54) is 0 Å². The van der Waals surface area contributed by atoms with Crippen molar-refractivity contribution in [3.05, 3.63) is 18.3 Å². The van der Waals surface area contributed by atoms with Crippen LogP contribution in [0.15, 0.2) is 23.3 Å². The number of rotatable bonds is 4. The number of nitrogens with zero attached hydrogens (tertiary/aromatic N) is 3. The van der Waals surface area contributed by atoms with Crippen molar-refractivity contribution < 1.29 is 9.47 Å². The van der Waals surface area contributed by atoms with E-state index in [9.17, 15) is 0 Å². The van der Waals surface area contributed by atoms with E-state index in [1.54, 1.807) is 13.3 Å². The molecule has 2 heterocycles. The molecule has 1 atom stereocenters. The summed E-state index contributed by atoms with van der Waals surface area (Å²) < 4.78 is 10.1. The lowest BCUT2D eigenvalue weighted by molar-refractivity contribution is 0.314. The number of hydrogen-bond acceptors (Lipinski definition) is 6. The normalized spacial score (nSPS) is 18.5. The molecule has 0 aromatic carbocycles. The molecular formula is C11H16N4O2. The summed E-state index contributed by atoms with van der Waals surface area (Å²) >= 11 is 0. The van der Waals surface area contributed by atoms with Gasteiger partial charge in [0.15, 0.2) is 0 Å². The topological polar surface area (TPSA) is 73.0 Å². The van der Waals surface area contributed by atoms with Crippen molar-refractivity contribution in [3.63, 3.8) is 0 Å². The SMILES string of the molecule is COc1ccc(N(C)C[C@H]2COC(N)=N2)cn1. The van der Waals surface area contributed by atoms with Gasteiger partial charge in [-0.15, -0.1) is 0 Å². The summed E-state index contributed by atoms with van der Waals surface area (Å²) in [6.45, 7) is 1.29. The first-order valence-corrected chi connectivity index (χ1v) is 5.36. The number of anilines is 1. The molecule has 0 radical (unpaired) electrons. The Balaban J connectivity index is 1.97. The molecule has 0 saturated carbocycles. The second-order valence-electron chi connectivity index (χ2n) is 3.87.